The number of anilines is 2. The van der Waals surface area contributed by atoms with Crippen molar-refractivity contribution in [2.75, 3.05) is 43.4 Å². The number of nitrogens with one attached hydrogen (secondary N) is 1. The van der Waals surface area contributed by atoms with E-state index in [0.717, 1.165) is 44.6 Å². The molecule has 3 heterocycles. The van der Waals surface area contributed by atoms with Gasteiger partial charge in [-0.3, -0.25) is 24.2 Å². The average Bonchev–Trinajstić information content (AvgIpc) is 2.95. The lowest BCUT2D eigenvalue weighted by Gasteiger charge is -2.41. The maximum absolute atomic E-state index is 13.2. The molecule has 3 amide bonds. The van der Waals surface area contributed by atoms with Gasteiger partial charge >= 0.3 is 0 Å². The maximum Gasteiger partial charge on any atom is 0.244 e. The van der Waals surface area contributed by atoms with Gasteiger partial charge in [-0.25, -0.2) is 0 Å². The van der Waals surface area contributed by atoms with Crippen molar-refractivity contribution in [2.45, 2.75) is 32.2 Å². The van der Waals surface area contributed by atoms with Crippen LogP contribution in [0.4, 0.5) is 11.4 Å². The summed E-state index contributed by atoms with van der Waals surface area (Å²) in [5, 5.41) is 2.82. The minimum absolute atomic E-state index is 0.0429. The minimum Gasteiger partial charge on any atom is -0.345 e. The van der Waals surface area contributed by atoms with E-state index in [0.29, 0.717) is 5.69 Å². The van der Waals surface area contributed by atoms with Gasteiger partial charge in [-0.1, -0.05) is 12.1 Å². The van der Waals surface area contributed by atoms with Crippen molar-refractivity contribution < 1.29 is 14.4 Å². The summed E-state index contributed by atoms with van der Waals surface area (Å²) in [6.45, 7) is 4.23. The van der Waals surface area contributed by atoms with Crippen LogP contribution in [0.5, 0.6) is 0 Å². The Morgan fingerprint density at radius 3 is 2.44 bits per heavy atom. The largest absolute Gasteiger partial charge is 0.345 e. The topological polar surface area (TPSA) is 73.0 Å². The highest BCUT2D eigenvalue weighted by Crippen LogP contribution is 2.41. The van der Waals surface area contributed by atoms with E-state index in [9.17, 15) is 14.4 Å². The second kappa shape index (κ2) is 6.64. The van der Waals surface area contributed by atoms with Crippen molar-refractivity contribution in [3.63, 3.8) is 0 Å². The van der Waals surface area contributed by atoms with Crippen molar-refractivity contribution in [3.05, 3.63) is 24.3 Å². The zero-order valence-corrected chi connectivity index (χ0v) is 15.9. The number of hydrogen-bond acceptors (Lipinski definition) is 4. The predicted molar refractivity (Wildman–Crippen MR) is 102 cm³/mol. The summed E-state index contributed by atoms with van der Waals surface area (Å²) in [5.74, 6) is 0.0114. The fourth-order valence-corrected chi connectivity index (χ4v) is 4.61. The molecule has 7 heteroatoms. The molecule has 0 bridgehead atoms. The van der Waals surface area contributed by atoms with Gasteiger partial charge in [-0.15, -0.1) is 0 Å². The average molecular weight is 370 g/mol. The van der Waals surface area contributed by atoms with Crippen molar-refractivity contribution in [2.24, 2.45) is 5.41 Å². The highest BCUT2D eigenvalue weighted by molar-refractivity contribution is 6.11. The van der Waals surface area contributed by atoms with E-state index in [4.69, 9.17) is 0 Å². The molecule has 7 nitrogen and oxygen atoms in total. The van der Waals surface area contributed by atoms with E-state index in [1.807, 2.05) is 43.1 Å². The molecule has 2 fully saturated rings. The van der Waals surface area contributed by atoms with Gasteiger partial charge in [0.25, 0.3) is 0 Å². The Morgan fingerprint density at radius 1 is 1.11 bits per heavy atom. The van der Waals surface area contributed by atoms with E-state index in [2.05, 4.69) is 10.2 Å². The number of carbonyl (C=O) groups excluding carboxylic acids is 3. The van der Waals surface area contributed by atoms with Crippen LogP contribution in [0.3, 0.4) is 0 Å². The molecule has 3 aliphatic heterocycles. The smallest absolute Gasteiger partial charge is 0.244 e. The predicted octanol–water partition coefficient (Wildman–Crippen LogP) is 1.30. The number of likely N-dealkylation sites (tertiary alicyclic amines) is 2. The number of nitrogens with zero attached hydrogens (tertiary/aromatic N) is 3. The molecule has 1 aromatic carbocycles. The first-order valence-electron chi connectivity index (χ1n) is 9.61. The number of fused-ring (bicyclic) bond motifs is 1. The SMILES string of the molecule is CC(C(=O)N1CC(=O)Nc2ccccc21)N1CCC2(CCN(C)C2=O)CC1. The molecule has 1 spiro atoms. The maximum atomic E-state index is 13.2. The third-order valence-electron chi connectivity index (χ3n) is 6.42. The first-order valence-corrected chi connectivity index (χ1v) is 9.61. The number of para-hydroxylation sites is 2. The molecule has 1 aromatic rings. The van der Waals surface area contributed by atoms with Gasteiger partial charge in [0.15, 0.2) is 0 Å². The lowest BCUT2D eigenvalue weighted by molar-refractivity contribution is -0.138. The highest BCUT2D eigenvalue weighted by atomic mass is 16.2. The Morgan fingerprint density at radius 2 is 1.78 bits per heavy atom. The van der Waals surface area contributed by atoms with Crippen LogP contribution in [-0.2, 0) is 14.4 Å². The standard InChI is InChI=1S/C20H26N4O3/c1-14(23-11-8-20(9-12-23)7-10-22(2)19(20)27)18(26)24-13-17(25)21-15-5-3-4-6-16(15)24/h3-6,14H,7-13H2,1-2H3,(H,21,25). The van der Waals surface area contributed by atoms with E-state index in [1.54, 1.807) is 4.90 Å². The van der Waals surface area contributed by atoms with Crippen LogP contribution in [0.2, 0.25) is 0 Å². The van der Waals surface area contributed by atoms with E-state index >= 15 is 0 Å². The van der Waals surface area contributed by atoms with Crippen molar-refractivity contribution in [1.82, 2.24) is 9.80 Å². The third kappa shape index (κ3) is 3.00. The molecule has 1 atom stereocenters. The molecule has 0 radical (unpaired) electrons. The van der Waals surface area contributed by atoms with Gasteiger partial charge in [-0.2, -0.15) is 0 Å². The van der Waals surface area contributed by atoms with Crippen LogP contribution >= 0.6 is 0 Å². The zero-order valence-electron chi connectivity index (χ0n) is 15.9. The molecule has 4 rings (SSSR count). The highest BCUT2D eigenvalue weighted by Gasteiger charge is 2.48. The Kier molecular flexibility index (Phi) is 4.42. The normalized spacial score (nSPS) is 23.3. The summed E-state index contributed by atoms with van der Waals surface area (Å²) in [4.78, 5) is 43.2. The van der Waals surface area contributed by atoms with E-state index in [-0.39, 0.29) is 35.7 Å². The number of benzene rings is 1. The summed E-state index contributed by atoms with van der Waals surface area (Å²) in [7, 11) is 1.87. The van der Waals surface area contributed by atoms with Crippen molar-refractivity contribution in [3.8, 4) is 0 Å². The second-order valence-corrected chi connectivity index (χ2v) is 7.96. The Hall–Kier alpha value is -2.41. The third-order valence-corrected chi connectivity index (χ3v) is 6.42. The molecular formula is C20H26N4O3. The van der Waals surface area contributed by atoms with Crippen LogP contribution < -0.4 is 10.2 Å². The molecule has 144 valence electrons. The first kappa shape index (κ1) is 18.0. The molecule has 27 heavy (non-hydrogen) atoms. The zero-order chi connectivity index (χ0) is 19.2. The Balaban J connectivity index is 1.46. The fraction of sp³-hybridized carbons (Fsp3) is 0.550. The van der Waals surface area contributed by atoms with Crippen LogP contribution in [0.1, 0.15) is 26.2 Å². The first-order chi connectivity index (χ1) is 12.9. The number of amides is 3. The van der Waals surface area contributed by atoms with Crippen LogP contribution in [0, 0.1) is 5.41 Å². The number of piperidine rings is 1. The van der Waals surface area contributed by atoms with Crippen LogP contribution in [0.25, 0.3) is 0 Å². The molecular weight excluding hydrogens is 344 g/mol. The van der Waals surface area contributed by atoms with Gasteiger partial charge in [0.05, 0.1) is 22.8 Å². The molecule has 0 saturated carbocycles. The molecule has 3 aliphatic rings. The Bertz CT molecular complexity index is 785. The number of rotatable bonds is 2. The summed E-state index contributed by atoms with van der Waals surface area (Å²) >= 11 is 0. The summed E-state index contributed by atoms with van der Waals surface area (Å²) in [6.07, 6.45) is 2.51. The number of hydrogen-bond donors (Lipinski definition) is 1. The molecule has 2 saturated heterocycles. The van der Waals surface area contributed by atoms with E-state index in [1.165, 1.54) is 0 Å². The summed E-state index contributed by atoms with van der Waals surface area (Å²) in [6, 6.07) is 7.06. The lowest BCUT2D eigenvalue weighted by atomic mass is 9.77. The fourth-order valence-electron chi connectivity index (χ4n) is 4.61. The molecule has 0 aliphatic carbocycles. The van der Waals surface area contributed by atoms with Gasteiger partial charge in [0, 0.05) is 13.6 Å². The molecule has 0 aromatic heterocycles. The van der Waals surface area contributed by atoms with Gasteiger partial charge < -0.3 is 10.2 Å². The van der Waals surface area contributed by atoms with Gasteiger partial charge in [-0.05, 0) is 51.4 Å². The van der Waals surface area contributed by atoms with Crippen molar-refractivity contribution >= 4 is 29.1 Å². The van der Waals surface area contributed by atoms with Gasteiger partial charge in [0.2, 0.25) is 17.7 Å². The molecule has 1 N–H and O–H groups in total. The van der Waals surface area contributed by atoms with Crippen LogP contribution in [-0.4, -0.2) is 66.8 Å². The monoisotopic (exact) mass is 370 g/mol. The van der Waals surface area contributed by atoms with E-state index < -0.39 is 0 Å². The van der Waals surface area contributed by atoms with Crippen LogP contribution in [0.15, 0.2) is 24.3 Å². The second-order valence-electron chi connectivity index (χ2n) is 7.96. The Labute approximate surface area is 159 Å². The quantitative estimate of drug-likeness (QED) is 0.852. The minimum atomic E-state index is -0.324. The lowest BCUT2D eigenvalue weighted by Crippen LogP contribution is -2.54. The number of carbonyl (C=O) groups is 3. The summed E-state index contributed by atoms with van der Waals surface area (Å²) < 4.78 is 0. The summed E-state index contributed by atoms with van der Waals surface area (Å²) in [5.41, 5.74) is 1.19. The van der Waals surface area contributed by atoms with Gasteiger partial charge in [0.1, 0.15) is 6.54 Å². The molecule has 1 unspecified atom stereocenters. The van der Waals surface area contributed by atoms with Crippen molar-refractivity contribution in [1.29, 1.82) is 0 Å².